The molecule has 2 amide bonds. The molecule has 2 N–H and O–H groups in total. The van der Waals surface area contributed by atoms with Crippen LogP contribution in [-0.4, -0.2) is 40.6 Å². The maximum atomic E-state index is 12.7. The van der Waals surface area contributed by atoms with Crippen molar-refractivity contribution in [1.82, 2.24) is 20.6 Å². The number of aromatic nitrogens is 2. The molecule has 31 heavy (non-hydrogen) atoms. The number of alkyl carbamates (subject to hydrolysis) is 1. The van der Waals surface area contributed by atoms with E-state index in [2.05, 4.69) is 25.3 Å². The van der Waals surface area contributed by atoms with E-state index >= 15 is 0 Å². The highest BCUT2D eigenvalue weighted by Crippen LogP contribution is 2.25. The Morgan fingerprint density at radius 3 is 2.55 bits per heavy atom. The number of nitrogens with zero attached hydrogens (tertiary/aromatic N) is 2. The number of rotatable bonds is 8. The number of thiazole rings is 1. The number of ether oxygens (including phenoxy) is 2. The highest BCUT2D eigenvalue weighted by atomic mass is 32.1. The monoisotopic (exact) mass is 452 g/mol. The van der Waals surface area contributed by atoms with Crippen LogP contribution in [0.4, 0.5) is 4.79 Å². The molecule has 2 rings (SSSR count). The Labute approximate surface area is 184 Å². The summed E-state index contributed by atoms with van der Waals surface area (Å²) in [5.74, 6) is -0.834. The summed E-state index contributed by atoms with van der Waals surface area (Å²) in [4.78, 5) is 44.6. The van der Waals surface area contributed by atoms with Gasteiger partial charge >= 0.3 is 12.1 Å². The molecule has 0 unspecified atom stereocenters. The van der Waals surface area contributed by atoms with Crippen molar-refractivity contribution < 1.29 is 28.3 Å². The van der Waals surface area contributed by atoms with E-state index < -0.39 is 29.6 Å². The number of nitrogens with one attached hydrogen (secondary N) is 2. The van der Waals surface area contributed by atoms with Crippen LogP contribution >= 0.6 is 11.3 Å². The van der Waals surface area contributed by atoms with Crippen molar-refractivity contribution in [2.75, 3.05) is 7.11 Å². The molecule has 0 aliphatic carbocycles. The summed E-state index contributed by atoms with van der Waals surface area (Å²) in [6.07, 6.45) is 1.38. The number of esters is 1. The first-order valence-corrected chi connectivity index (χ1v) is 10.7. The minimum atomic E-state index is -0.620. The maximum absolute atomic E-state index is 12.7. The van der Waals surface area contributed by atoms with Crippen molar-refractivity contribution in [2.24, 2.45) is 5.92 Å². The van der Waals surface area contributed by atoms with Crippen LogP contribution in [0, 0.1) is 5.92 Å². The van der Waals surface area contributed by atoms with Crippen molar-refractivity contribution in [3.8, 4) is 0 Å². The predicted octanol–water partition coefficient (Wildman–Crippen LogP) is 3.46. The zero-order valence-corrected chi connectivity index (χ0v) is 19.3. The number of oxazole rings is 1. The minimum Gasteiger partial charge on any atom is -0.464 e. The molecule has 2 aromatic rings. The van der Waals surface area contributed by atoms with Gasteiger partial charge in [-0.05, 0) is 26.7 Å². The van der Waals surface area contributed by atoms with Gasteiger partial charge in [0, 0.05) is 5.38 Å². The standard InChI is InChI=1S/C20H28N4O6S/c1-7-11(2)15(17-23-12(9-29-17)18(26)28-6)24-16(25)13-10-31-14(22-13)8-21-19(27)30-20(3,4)5/h9-11,15H,7-8H2,1-6H3,(H,21,27)(H,24,25)/t11-,15-/m0/s1. The molecule has 0 aliphatic rings. The highest BCUT2D eigenvalue weighted by Gasteiger charge is 2.27. The van der Waals surface area contributed by atoms with Gasteiger partial charge < -0.3 is 24.5 Å². The lowest BCUT2D eigenvalue weighted by atomic mass is 9.99. The maximum Gasteiger partial charge on any atom is 0.408 e. The average molecular weight is 453 g/mol. The van der Waals surface area contributed by atoms with Crippen LogP contribution in [-0.2, 0) is 16.0 Å². The lowest BCUT2D eigenvalue weighted by molar-refractivity contribution is 0.0522. The summed E-state index contributed by atoms with van der Waals surface area (Å²) in [5.41, 5.74) is -0.361. The molecule has 0 saturated heterocycles. The number of carbonyl (C=O) groups is 3. The third-order valence-corrected chi connectivity index (χ3v) is 5.10. The van der Waals surface area contributed by atoms with Crippen molar-refractivity contribution in [2.45, 2.75) is 59.2 Å². The van der Waals surface area contributed by atoms with E-state index in [4.69, 9.17) is 9.15 Å². The van der Waals surface area contributed by atoms with E-state index in [0.717, 1.165) is 6.42 Å². The molecule has 0 spiro atoms. The van der Waals surface area contributed by atoms with E-state index in [9.17, 15) is 14.4 Å². The van der Waals surface area contributed by atoms with Crippen LogP contribution in [0.2, 0.25) is 0 Å². The number of amides is 2. The Balaban J connectivity index is 2.05. The SMILES string of the molecule is CC[C@H](C)[C@H](NC(=O)c1csc(CNC(=O)OC(C)(C)C)n1)c1nc(C(=O)OC)co1. The quantitative estimate of drug-likeness (QED) is 0.582. The van der Waals surface area contributed by atoms with Crippen LogP contribution < -0.4 is 10.6 Å². The van der Waals surface area contributed by atoms with Crippen LogP contribution in [0.25, 0.3) is 0 Å². The van der Waals surface area contributed by atoms with Gasteiger partial charge in [0.05, 0.1) is 13.7 Å². The van der Waals surface area contributed by atoms with Crippen LogP contribution in [0.3, 0.4) is 0 Å². The van der Waals surface area contributed by atoms with Gasteiger partial charge in [0.2, 0.25) is 5.89 Å². The second-order valence-corrected chi connectivity index (χ2v) is 8.82. The zero-order valence-electron chi connectivity index (χ0n) is 18.5. The summed E-state index contributed by atoms with van der Waals surface area (Å²) in [6.45, 7) is 9.36. The Morgan fingerprint density at radius 2 is 1.94 bits per heavy atom. The second-order valence-electron chi connectivity index (χ2n) is 7.88. The fourth-order valence-electron chi connectivity index (χ4n) is 2.49. The molecule has 2 aromatic heterocycles. The third kappa shape index (κ3) is 7.06. The molecule has 0 radical (unpaired) electrons. The highest BCUT2D eigenvalue weighted by molar-refractivity contribution is 7.09. The average Bonchev–Trinajstić information content (AvgIpc) is 3.37. The first-order chi connectivity index (χ1) is 14.5. The predicted molar refractivity (Wildman–Crippen MR) is 113 cm³/mol. The number of hydrogen-bond donors (Lipinski definition) is 2. The molecule has 10 nitrogen and oxygen atoms in total. The molecule has 170 valence electrons. The summed E-state index contributed by atoms with van der Waals surface area (Å²) < 4.78 is 15.2. The van der Waals surface area contributed by atoms with Gasteiger partial charge in [-0.3, -0.25) is 4.79 Å². The molecular weight excluding hydrogens is 424 g/mol. The van der Waals surface area contributed by atoms with Gasteiger partial charge in [-0.25, -0.2) is 19.6 Å². The van der Waals surface area contributed by atoms with Crippen molar-refractivity contribution in [1.29, 1.82) is 0 Å². The van der Waals surface area contributed by atoms with E-state index in [0.29, 0.717) is 5.01 Å². The van der Waals surface area contributed by atoms with E-state index in [1.165, 1.54) is 24.7 Å². The number of methoxy groups -OCH3 is 1. The van der Waals surface area contributed by atoms with Gasteiger partial charge in [0.15, 0.2) is 5.69 Å². The Hall–Kier alpha value is -2.95. The zero-order chi connectivity index (χ0) is 23.2. The lowest BCUT2D eigenvalue weighted by Crippen LogP contribution is -2.33. The van der Waals surface area contributed by atoms with E-state index in [-0.39, 0.29) is 29.7 Å². The molecule has 2 atom stereocenters. The molecule has 0 aliphatic heterocycles. The summed E-state index contributed by atoms with van der Waals surface area (Å²) in [6, 6.07) is -0.555. The van der Waals surface area contributed by atoms with Gasteiger partial charge in [0.25, 0.3) is 5.91 Å². The van der Waals surface area contributed by atoms with Gasteiger partial charge in [-0.15, -0.1) is 11.3 Å². The van der Waals surface area contributed by atoms with Crippen molar-refractivity contribution in [3.63, 3.8) is 0 Å². The number of hydrogen-bond acceptors (Lipinski definition) is 9. The first-order valence-electron chi connectivity index (χ1n) is 9.79. The smallest absolute Gasteiger partial charge is 0.408 e. The summed E-state index contributed by atoms with van der Waals surface area (Å²) in [5, 5.41) is 7.63. The molecule has 2 heterocycles. The lowest BCUT2D eigenvalue weighted by Gasteiger charge is -2.20. The van der Waals surface area contributed by atoms with E-state index in [1.54, 1.807) is 26.2 Å². The molecule has 0 bridgehead atoms. The molecule has 11 heteroatoms. The van der Waals surface area contributed by atoms with Crippen LogP contribution in [0.1, 0.15) is 79.0 Å². The number of carbonyl (C=O) groups excluding carboxylic acids is 3. The van der Waals surface area contributed by atoms with Gasteiger partial charge in [-0.1, -0.05) is 20.3 Å². The van der Waals surface area contributed by atoms with Gasteiger partial charge in [-0.2, -0.15) is 0 Å². The summed E-state index contributed by atoms with van der Waals surface area (Å²) >= 11 is 1.24. The molecular formula is C20H28N4O6S. The summed E-state index contributed by atoms with van der Waals surface area (Å²) in [7, 11) is 1.25. The van der Waals surface area contributed by atoms with E-state index in [1.807, 2.05) is 13.8 Å². The van der Waals surface area contributed by atoms with Crippen molar-refractivity contribution >= 4 is 29.3 Å². The third-order valence-electron chi connectivity index (χ3n) is 4.25. The van der Waals surface area contributed by atoms with Crippen molar-refractivity contribution in [3.05, 3.63) is 33.9 Å². The topological polar surface area (TPSA) is 133 Å². The van der Waals surface area contributed by atoms with Crippen LogP contribution in [0.15, 0.2) is 16.1 Å². The second kappa shape index (κ2) is 10.4. The Morgan fingerprint density at radius 1 is 1.23 bits per heavy atom. The fraction of sp³-hybridized carbons (Fsp3) is 0.550. The molecule has 0 aromatic carbocycles. The van der Waals surface area contributed by atoms with Crippen LogP contribution in [0.5, 0.6) is 0 Å². The minimum absolute atomic E-state index is 0.0139. The van der Waals surface area contributed by atoms with Gasteiger partial charge in [0.1, 0.15) is 28.6 Å². The molecule has 0 saturated carbocycles. The Bertz CT molecular complexity index is 917. The Kier molecular flexibility index (Phi) is 8.14. The molecule has 0 fully saturated rings. The normalized spacial score (nSPS) is 13.2. The fourth-order valence-corrected chi connectivity index (χ4v) is 3.20. The first kappa shape index (κ1) is 24.3. The largest absolute Gasteiger partial charge is 0.464 e.